The van der Waals surface area contributed by atoms with Crippen LogP contribution in [-0.4, -0.2) is 14.8 Å². The molecule has 1 aliphatic rings. The van der Waals surface area contributed by atoms with Gasteiger partial charge in [-0.1, -0.05) is 19.3 Å². The lowest BCUT2D eigenvalue weighted by Crippen LogP contribution is -2.16. The summed E-state index contributed by atoms with van der Waals surface area (Å²) >= 11 is 7.12. The van der Waals surface area contributed by atoms with Gasteiger partial charge >= 0.3 is 0 Å². The molecule has 0 saturated heterocycles. The summed E-state index contributed by atoms with van der Waals surface area (Å²) in [4.78, 5) is 0. The summed E-state index contributed by atoms with van der Waals surface area (Å²) in [7, 11) is 0. The molecule has 0 unspecified atom stereocenters. The molecule has 0 atom stereocenters. The van der Waals surface area contributed by atoms with E-state index >= 15 is 0 Å². The van der Waals surface area contributed by atoms with Crippen LogP contribution in [0, 0.1) is 10.7 Å². The van der Waals surface area contributed by atoms with E-state index < -0.39 is 0 Å². The normalized spacial score (nSPS) is 16.8. The lowest BCUT2D eigenvalue weighted by molar-refractivity contribution is 0.315. The van der Waals surface area contributed by atoms with Crippen LogP contribution in [0.4, 0.5) is 0 Å². The molecule has 3 nitrogen and oxygen atoms in total. The van der Waals surface area contributed by atoms with Gasteiger partial charge in [0.15, 0.2) is 4.77 Å². The molecule has 3 rings (SSSR count). The Hall–Kier alpha value is -0.940. The van der Waals surface area contributed by atoms with Crippen molar-refractivity contribution < 1.29 is 0 Å². The summed E-state index contributed by atoms with van der Waals surface area (Å²) in [5.41, 5.74) is 1.32. The zero-order valence-corrected chi connectivity index (χ0v) is 12.6. The van der Waals surface area contributed by atoms with Crippen molar-refractivity contribution in [3.8, 4) is 0 Å². The fourth-order valence-corrected chi connectivity index (χ4v) is 3.77. The molecule has 0 aliphatic heterocycles. The van der Waals surface area contributed by atoms with E-state index in [1.54, 1.807) is 11.3 Å². The Morgan fingerprint density at radius 2 is 2.21 bits per heavy atom. The molecule has 1 saturated carbocycles. The monoisotopic (exact) mass is 293 g/mol. The summed E-state index contributed by atoms with van der Waals surface area (Å²) in [5, 5.41) is 11.7. The summed E-state index contributed by atoms with van der Waals surface area (Å²) in [6.07, 6.45) is 7.69. The maximum atomic E-state index is 5.38. The number of rotatable bonds is 4. The maximum Gasteiger partial charge on any atom is 0.195 e. The van der Waals surface area contributed by atoms with E-state index in [-0.39, 0.29) is 0 Å². The Morgan fingerprint density at radius 3 is 2.95 bits per heavy atom. The highest BCUT2D eigenvalue weighted by molar-refractivity contribution is 7.71. The molecule has 2 aromatic rings. The Bertz CT molecular complexity index is 562. The number of thiophene rings is 1. The highest BCUT2D eigenvalue weighted by Crippen LogP contribution is 2.25. The average Bonchev–Trinajstić information content (AvgIpc) is 3.05. The Morgan fingerprint density at radius 1 is 1.37 bits per heavy atom. The van der Waals surface area contributed by atoms with Gasteiger partial charge in [-0.25, -0.2) is 0 Å². The molecule has 5 heteroatoms. The van der Waals surface area contributed by atoms with Gasteiger partial charge in [0.2, 0.25) is 0 Å². The van der Waals surface area contributed by atoms with Crippen LogP contribution >= 0.6 is 23.6 Å². The van der Waals surface area contributed by atoms with Crippen LogP contribution in [-0.2, 0) is 13.0 Å². The molecular weight excluding hydrogens is 274 g/mol. The third kappa shape index (κ3) is 3.15. The predicted octanol–water partition coefficient (Wildman–Crippen LogP) is 4.17. The molecule has 1 aliphatic carbocycles. The first-order valence-electron chi connectivity index (χ1n) is 6.98. The summed E-state index contributed by atoms with van der Waals surface area (Å²) < 4.78 is 2.99. The molecular formula is C14H19N3S2. The van der Waals surface area contributed by atoms with Crippen molar-refractivity contribution in [1.82, 2.24) is 14.8 Å². The van der Waals surface area contributed by atoms with Gasteiger partial charge in [0, 0.05) is 13.0 Å². The van der Waals surface area contributed by atoms with Crippen LogP contribution in [0.25, 0.3) is 0 Å². The van der Waals surface area contributed by atoms with Gasteiger partial charge in [-0.3, -0.25) is 5.10 Å². The van der Waals surface area contributed by atoms with Gasteiger partial charge in [0.25, 0.3) is 0 Å². The fraction of sp³-hybridized carbons (Fsp3) is 0.571. The van der Waals surface area contributed by atoms with Crippen LogP contribution in [0.1, 0.15) is 43.5 Å². The summed E-state index contributed by atoms with van der Waals surface area (Å²) in [6, 6.07) is 2.16. The highest BCUT2D eigenvalue weighted by Gasteiger charge is 2.16. The van der Waals surface area contributed by atoms with Crippen molar-refractivity contribution in [3.63, 3.8) is 0 Å². The molecule has 0 amide bonds. The third-order valence-corrected chi connectivity index (χ3v) is 4.99. The number of nitrogens with one attached hydrogen (secondary N) is 1. The maximum absolute atomic E-state index is 5.38. The van der Waals surface area contributed by atoms with Crippen molar-refractivity contribution in [2.45, 2.75) is 45.1 Å². The topological polar surface area (TPSA) is 33.6 Å². The summed E-state index contributed by atoms with van der Waals surface area (Å²) in [5.74, 6) is 1.85. The Kier molecular flexibility index (Phi) is 4.13. The van der Waals surface area contributed by atoms with Crippen molar-refractivity contribution in [2.75, 3.05) is 0 Å². The smallest absolute Gasteiger partial charge is 0.195 e. The lowest BCUT2D eigenvalue weighted by Gasteiger charge is -2.22. The van der Waals surface area contributed by atoms with Crippen molar-refractivity contribution in [3.05, 3.63) is 33.0 Å². The van der Waals surface area contributed by atoms with Crippen molar-refractivity contribution in [1.29, 1.82) is 0 Å². The number of hydrogen-bond donors (Lipinski definition) is 1. The average molecular weight is 293 g/mol. The van der Waals surface area contributed by atoms with E-state index in [0.29, 0.717) is 0 Å². The SMILES string of the molecule is S=c1[nH]nc(Cc2ccsc2)n1CC1CCCCC1. The van der Waals surface area contributed by atoms with E-state index in [9.17, 15) is 0 Å². The standard InChI is InChI=1S/C14H19N3S2/c18-14-16-15-13(8-12-6-7-19-10-12)17(14)9-11-4-2-1-3-5-11/h6-7,10-11H,1-5,8-9H2,(H,16,18). The van der Waals surface area contributed by atoms with Crippen molar-refractivity contribution in [2.24, 2.45) is 5.92 Å². The van der Waals surface area contributed by atoms with Gasteiger partial charge in [0.1, 0.15) is 5.82 Å². The quantitative estimate of drug-likeness (QED) is 0.858. The summed E-state index contributed by atoms with van der Waals surface area (Å²) in [6.45, 7) is 1.04. The fourth-order valence-electron chi connectivity index (χ4n) is 2.88. The van der Waals surface area contributed by atoms with Gasteiger partial charge in [-0.2, -0.15) is 16.4 Å². The minimum atomic E-state index is 0.774. The molecule has 0 bridgehead atoms. The molecule has 0 radical (unpaired) electrons. The number of nitrogens with zero attached hydrogens (tertiary/aromatic N) is 2. The van der Waals surface area contributed by atoms with E-state index in [1.807, 2.05) is 0 Å². The molecule has 1 N–H and O–H groups in total. The second-order valence-corrected chi connectivity index (χ2v) is 6.53. The zero-order chi connectivity index (χ0) is 13.1. The number of H-pyrrole nitrogens is 1. The lowest BCUT2D eigenvalue weighted by atomic mass is 9.89. The largest absolute Gasteiger partial charge is 0.304 e. The van der Waals surface area contributed by atoms with Crippen LogP contribution < -0.4 is 0 Å². The van der Waals surface area contributed by atoms with Gasteiger partial charge in [-0.15, -0.1) is 0 Å². The third-order valence-electron chi connectivity index (χ3n) is 3.95. The number of aromatic nitrogens is 3. The number of hydrogen-bond acceptors (Lipinski definition) is 3. The first-order chi connectivity index (χ1) is 9.33. The van der Waals surface area contributed by atoms with Crippen LogP contribution in [0.5, 0.6) is 0 Å². The highest BCUT2D eigenvalue weighted by atomic mass is 32.1. The van der Waals surface area contributed by atoms with Crippen LogP contribution in [0.2, 0.25) is 0 Å². The van der Waals surface area contributed by atoms with Gasteiger partial charge < -0.3 is 4.57 Å². The number of aromatic amines is 1. The van der Waals surface area contributed by atoms with E-state index in [4.69, 9.17) is 12.2 Å². The molecule has 2 heterocycles. The van der Waals surface area contributed by atoms with E-state index in [1.165, 1.54) is 37.7 Å². The molecule has 0 aromatic carbocycles. The van der Waals surface area contributed by atoms with Crippen LogP contribution in [0.15, 0.2) is 16.8 Å². The Labute approximate surface area is 122 Å². The van der Waals surface area contributed by atoms with E-state index in [2.05, 4.69) is 31.6 Å². The van der Waals surface area contributed by atoms with Crippen LogP contribution in [0.3, 0.4) is 0 Å². The van der Waals surface area contributed by atoms with Gasteiger partial charge in [-0.05, 0) is 53.4 Å². The second-order valence-electron chi connectivity index (χ2n) is 5.37. The zero-order valence-electron chi connectivity index (χ0n) is 11.0. The second kappa shape index (κ2) is 6.01. The first-order valence-corrected chi connectivity index (χ1v) is 8.33. The molecule has 19 heavy (non-hydrogen) atoms. The predicted molar refractivity (Wildman–Crippen MR) is 81.1 cm³/mol. The van der Waals surface area contributed by atoms with Crippen molar-refractivity contribution >= 4 is 23.6 Å². The Balaban J connectivity index is 1.76. The van der Waals surface area contributed by atoms with Gasteiger partial charge in [0.05, 0.1) is 0 Å². The molecule has 1 fully saturated rings. The molecule has 102 valence electrons. The van der Waals surface area contributed by atoms with E-state index in [0.717, 1.165) is 29.5 Å². The minimum absolute atomic E-state index is 0.774. The first kappa shape index (κ1) is 13.1. The molecule has 0 spiro atoms. The molecule has 2 aromatic heterocycles. The minimum Gasteiger partial charge on any atom is -0.304 e.